The van der Waals surface area contributed by atoms with E-state index in [4.69, 9.17) is 5.73 Å². The van der Waals surface area contributed by atoms with Crippen LogP contribution in [0.2, 0.25) is 0 Å². The van der Waals surface area contributed by atoms with E-state index in [-0.39, 0.29) is 11.2 Å². The Bertz CT molecular complexity index is 384. The zero-order chi connectivity index (χ0) is 11.3. The first-order valence-corrected chi connectivity index (χ1v) is 5.09. The highest BCUT2D eigenvalue weighted by Crippen LogP contribution is 2.11. The molecule has 0 aliphatic heterocycles. The minimum atomic E-state index is -0.253. The highest BCUT2D eigenvalue weighted by Gasteiger charge is 2.04. The highest BCUT2D eigenvalue weighted by molar-refractivity contribution is 5.39. The van der Waals surface area contributed by atoms with Crippen molar-refractivity contribution in [1.29, 1.82) is 0 Å². The number of H-pyrrole nitrogens is 1. The Morgan fingerprint density at radius 2 is 2.47 bits per heavy atom. The molecule has 15 heavy (non-hydrogen) atoms. The van der Waals surface area contributed by atoms with Crippen molar-refractivity contribution in [3.63, 3.8) is 0 Å². The molecule has 1 heterocycles. The second-order valence-corrected chi connectivity index (χ2v) is 3.70. The van der Waals surface area contributed by atoms with Crippen molar-refractivity contribution >= 4 is 5.69 Å². The number of aromatic nitrogens is 2. The van der Waals surface area contributed by atoms with E-state index in [0.29, 0.717) is 11.6 Å². The molecule has 0 aromatic carbocycles. The third-order valence-corrected chi connectivity index (χ3v) is 2.45. The molecule has 0 aliphatic rings. The monoisotopic (exact) mass is 207 g/mol. The summed E-state index contributed by atoms with van der Waals surface area (Å²) < 4.78 is 0. The molecule has 1 aromatic rings. The Labute approximate surface area is 89.2 Å². The minimum Gasteiger partial charge on any atom is -0.393 e. The van der Waals surface area contributed by atoms with Gasteiger partial charge >= 0.3 is 0 Å². The Morgan fingerprint density at radius 1 is 1.73 bits per heavy atom. The van der Waals surface area contributed by atoms with E-state index in [1.54, 1.807) is 0 Å². The Balaban J connectivity index is 2.54. The smallest absolute Gasteiger partial charge is 0.274 e. The fourth-order valence-corrected chi connectivity index (χ4v) is 1.36. The molecule has 1 atom stereocenters. The number of hydrogen-bond acceptors (Lipinski definition) is 3. The number of nitrogens with zero attached hydrogens (tertiary/aromatic N) is 1. The lowest BCUT2D eigenvalue weighted by Crippen LogP contribution is -2.15. The van der Waals surface area contributed by atoms with Gasteiger partial charge in [-0.3, -0.25) is 4.79 Å². The molecule has 1 unspecified atom stereocenters. The quantitative estimate of drug-likeness (QED) is 0.719. The molecule has 0 bridgehead atoms. The second-order valence-electron chi connectivity index (χ2n) is 3.70. The number of rotatable bonds is 5. The van der Waals surface area contributed by atoms with Gasteiger partial charge in [0.1, 0.15) is 5.69 Å². The van der Waals surface area contributed by atoms with E-state index >= 15 is 0 Å². The van der Waals surface area contributed by atoms with E-state index < -0.39 is 0 Å². The van der Waals surface area contributed by atoms with Crippen LogP contribution >= 0.6 is 0 Å². The van der Waals surface area contributed by atoms with Crippen LogP contribution in [-0.4, -0.2) is 9.97 Å². The maximum atomic E-state index is 11.2. The van der Waals surface area contributed by atoms with Crippen LogP contribution in [0.5, 0.6) is 0 Å². The lowest BCUT2D eigenvalue weighted by Gasteiger charge is -2.05. The predicted molar refractivity (Wildman–Crippen MR) is 61.6 cm³/mol. The van der Waals surface area contributed by atoms with Crippen LogP contribution in [0.15, 0.2) is 23.8 Å². The second kappa shape index (κ2) is 5.34. The third-order valence-electron chi connectivity index (χ3n) is 2.45. The summed E-state index contributed by atoms with van der Waals surface area (Å²) >= 11 is 0. The molecule has 0 spiro atoms. The van der Waals surface area contributed by atoms with Crippen molar-refractivity contribution in [2.75, 3.05) is 5.73 Å². The topological polar surface area (TPSA) is 71.8 Å². The maximum Gasteiger partial charge on any atom is 0.274 e. The summed E-state index contributed by atoms with van der Waals surface area (Å²) in [7, 11) is 0. The lowest BCUT2D eigenvalue weighted by molar-refractivity contribution is 0.603. The van der Waals surface area contributed by atoms with Gasteiger partial charge in [-0.05, 0) is 25.2 Å². The number of nitrogen functional groups attached to an aromatic ring is 1. The third kappa shape index (κ3) is 3.23. The summed E-state index contributed by atoms with van der Waals surface area (Å²) in [5.74, 6) is 0.494. The lowest BCUT2D eigenvalue weighted by atomic mass is 10.0. The number of hydrogen-bond donors (Lipinski definition) is 2. The summed E-state index contributed by atoms with van der Waals surface area (Å²) in [6, 6.07) is 0. The van der Waals surface area contributed by atoms with E-state index in [2.05, 4.69) is 23.5 Å². The molecule has 0 radical (unpaired) electrons. The van der Waals surface area contributed by atoms with Crippen molar-refractivity contribution in [3.8, 4) is 0 Å². The van der Waals surface area contributed by atoms with Crippen LogP contribution in [0.3, 0.4) is 0 Å². The molecule has 1 aromatic heterocycles. The van der Waals surface area contributed by atoms with Crippen LogP contribution in [0, 0.1) is 5.92 Å². The van der Waals surface area contributed by atoms with Crippen molar-refractivity contribution in [3.05, 3.63) is 35.0 Å². The normalized spacial score (nSPS) is 12.3. The van der Waals surface area contributed by atoms with Gasteiger partial charge in [-0.25, -0.2) is 4.98 Å². The zero-order valence-corrected chi connectivity index (χ0v) is 8.99. The molecule has 0 saturated carbocycles. The number of aryl methyl sites for hydroxylation is 1. The van der Waals surface area contributed by atoms with Crippen molar-refractivity contribution in [1.82, 2.24) is 9.97 Å². The molecular weight excluding hydrogens is 190 g/mol. The first kappa shape index (κ1) is 11.5. The van der Waals surface area contributed by atoms with Gasteiger partial charge in [-0.2, -0.15) is 0 Å². The van der Waals surface area contributed by atoms with Gasteiger partial charge in [0, 0.05) is 0 Å². The highest BCUT2D eigenvalue weighted by atomic mass is 16.1. The molecule has 0 saturated heterocycles. The van der Waals surface area contributed by atoms with E-state index in [0.717, 1.165) is 19.3 Å². The Hall–Kier alpha value is -1.58. The minimum absolute atomic E-state index is 0.240. The van der Waals surface area contributed by atoms with Gasteiger partial charge < -0.3 is 10.7 Å². The molecule has 3 N–H and O–H groups in total. The first-order chi connectivity index (χ1) is 7.15. The van der Waals surface area contributed by atoms with Gasteiger partial charge in [0.15, 0.2) is 0 Å². The predicted octanol–water partition coefficient (Wildman–Crippen LogP) is 1.50. The number of nitrogens with two attached hydrogens (primary N) is 1. The molecule has 4 nitrogen and oxygen atoms in total. The van der Waals surface area contributed by atoms with Gasteiger partial charge in [-0.1, -0.05) is 13.0 Å². The van der Waals surface area contributed by atoms with Gasteiger partial charge in [0.2, 0.25) is 0 Å². The number of anilines is 1. The average Bonchev–Trinajstić information content (AvgIpc) is 2.24. The molecule has 0 aliphatic carbocycles. The van der Waals surface area contributed by atoms with Crippen molar-refractivity contribution < 1.29 is 0 Å². The number of nitrogens with one attached hydrogen (secondary N) is 1. The first-order valence-electron chi connectivity index (χ1n) is 5.09. The largest absolute Gasteiger partial charge is 0.393 e. The molecule has 0 fully saturated rings. The summed E-state index contributed by atoms with van der Waals surface area (Å²) in [6.45, 7) is 5.84. The SMILES string of the molecule is C=CC(C)CCCc1nc[nH]c(=O)c1N. The van der Waals surface area contributed by atoms with Crippen LogP contribution in [0.1, 0.15) is 25.5 Å². The molecule has 0 amide bonds. The Kier molecular flexibility index (Phi) is 4.09. The fourth-order valence-electron chi connectivity index (χ4n) is 1.36. The van der Waals surface area contributed by atoms with Crippen molar-refractivity contribution in [2.24, 2.45) is 5.92 Å². The van der Waals surface area contributed by atoms with Crippen LogP contribution < -0.4 is 11.3 Å². The van der Waals surface area contributed by atoms with E-state index in [1.807, 2.05) is 6.08 Å². The van der Waals surface area contributed by atoms with Crippen molar-refractivity contribution in [2.45, 2.75) is 26.2 Å². The number of allylic oxidation sites excluding steroid dienone is 1. The molecular formula is C11H17N3O. The Morgan fingerprint density at radius 3 is 3.13 bits per heavy atom. The van der Waals surface area contributed by atoms with Gasteiger partial charge in [-0.15, -0.1) is 6.58 Å². The summed E-state index contributed by atoms with van der Waals surface area (Å²) in [6.07, 6.45) is 6.07. The van der Waals surface area contributed by atoms with E-state index in [9.17, 15) is 4.79 Å². The van der Waals surface area contributed by atoms with Crippen LogP contribution in [0.4, 0.5) is 5.69 Å². The summed E-state index contributed by atoms with van der Waals surface area (Å²) in [5, 5.41) is 0. The van der Waals surface area contributed by atoms with Crippen LogP contribution in [-0.2, 0) is 6.42 Å². The molecule has 4 heteroatoms. The standard InChI is InChI=1S/C11H17N3O/c1-3-8(2)5-4-6-9-10(12)11(15)14-7-13-9/h3,7-8H,1,4-6,12H2,2H3,(H,13,14,15). The zero-order valence-electron chi connectivity index (χ0n) is 8.99. The van der Waals surface area contributed by atoms with Gasteiger partial charge in [0.25, 0.3) is 5.56 Å². The summed E-state index contributed by atoms with van der Waals surface area (Å²) in [4.78, 5) is 17.7. The average molecular weight is 207 g/mol. The fraction of sp³-hybridized carbons (Fsp3) is 0.455. The molecule has 1 rings (SSSR count). The molecule has 82 valence electrons. The van der Waals surface area contributed by atoms with E-state index in [1.165, 1.54) is 6.33 Å². The number of aromatic amines is 1. The summed E-state index contributed by atoms with van der Waals surface area (Å²) in [5.41, 5.74) is 6.28. The maximum absolute atomic E-state index is 11.2. The van der Waals surface area contributed by atoms with Gasteiger partial charge in [0.05, 0.1) is 12.0 Å². The van der Waals surface area contributed by atoms with Crippen LogP contribution in [0.25, 0.3) is 0 Å².